The van der Waals surface area contributed by atoms with Crippen LogP contribution < -0.4 is 0 Å². The summed E-state index contributed by atoms with van der Waals surface area (Å²) in [4.78, 5) is 5.12. The Balaban J connectivity index is 1.97. The molecule has 0 saturated heterocycles. The zero-order valence-corrected chi connectivity index (χ0v) is 16.2. The van der Waals surface area contributed by atoms with Crippen LogP contribution in [0, 0.1) is 13.8 Å². The molecular weight excluding hydrogens is 292 g/mol. The highest BCUT2D eigenvalue weighted by Gasteiger charge is 2.61. The summed E-state index contributed by atoms with van der Waals surface area (Å²) in [5.74, 6) is 0. The number of rotatable bonds is 0. The van der Waals surface area contributed by atoms with Crippen LogP contribution in [0.25, 0.3) is 0 Å². The summed E-state index contributed by atoms with van der Waals surface area (Å²) in [5.41, 5.74) is 9.35. The van der Waals surface area contributed by atoms with Gasteiger partial charge in [-0.3, -0.25) is 9.80 Å². The van der Waals surface area contributed by atoms with Crippen LogP contribution in [0.1, 0.15) is 61.1 Å². The topological polar surface area (TPSA) is 6.48 Å². The third kappa shape index (κ3) is 1.11. The van der Waals surface area contributed by atoms with Crippen molar-refractivity contribution in [3.05, 3.63) is 57.7 Å². The fourth-order valence-electron chi connectivity index (χ4n) is 6.60. The maximum atomic E-state index is 2.56. The molecule has 0 aromatic heterocycles. The first-order valence-electron chi connectivity index (χ1n) is 9.11. The van der Waals surface area contributed by atoms with Crippen LogP contribution in [0.15, 0.2) is 24.3 Å². The molecule has 0 radical (unpaired) electrons. The summed E-state index contributed by atoms with van der Waals surface area (Å²) in [5, 5.41) is 0. The molecule has 4 aliphatic heterocycles. The van der Waals surface area contributed by atoms with Crippen molar-refractivity contribution >= 4 is 0 Å². The van der Waals surface area contributed by atoms with E-state index < -0.39 is 0 Å². The first-order valence-corrected chi connectivity index (χ1v) is 9.11. The average molecular weight is 320 g/mol. The van der Waals surface area contributed by atoms with Crippen LogP contribution in [0.4, 0.5) is 0 Å². The van der Waals surface area contributed by atoms with Gasteiger partial charge in [0.25, 0.3) is 0 Å². The van der Waals surface area contributed by atoms with Crippen LogP contribution in [0.2, 0.25) is 0 Å². The number of fused-ring (bicyclic) bond motifs is 10. The normalized spacial score (nSPS) is 44.7. The third-order valence-electron chi connectivity index (χ3n) is 8.28. The van der Waals surface area contributed by atoms with E-state index in [2.05, 4.69) is 89.7 Å². The van der Waals surface area contributed by atoms with Crippen molar-refractivity contribution in [2.24, 2.45) is 0 Å². The Morgan fingerprint density at radius 2 is 0.750 bits per heavy atom. The van der Waals surface area contributed by atoms with E-state index in [9.17, 15) is 0 Å². The van der Waals surface area contributed by atoms with Crippen LogP contribution in [0.3, 0.4) is 0 Å². The van der Waals surface area contributed by atoms with E-state index in [-0.39, 0.29) is 22.2 Å². The molecule has 0 amide bonds. The van der Waals surface area contributed by atoms with Gasteiger partial charge in [0, 0.05) is 0 Å². The van der Waals surface area contributed by atoms with E-state index in [0.717, 1.165) is 0 Å². The first-order chi connectivity index (χ1) is 11.0. The van der Waals surface area contributed by atoms with Crippen molar-refractivity contribution in [1.29, 1.82) is 0 Å². The summed E-state index contributed by atoms with van der Waals surface area (Å²) >= 11 is 0. The van der Waals surface area contributed by atoms with Gasteiger partial charge in [-0.1, -0.05) is 24.3 Å². The molecule has 4 bridgehead atoms. The van der Waals surface area contributed by atoms with Crippen molar-refractivity contribution in [1.82, 2.24) is 9.80 Å². The summed E-state index contributed by atoms with van der Waals surface area (Å²) in [7, 11) is 4.57. The largest absolute Gasteiger partial charge is 0.281 e. The molecule has 0 N–H and O–H groups in total. The molecule has 2 nitrogen and oxygen atoms in total. The van der Waals surface area contributed by atoms with Crippen LogP contribution >= 0.6 is 0 Å². The molecule has 0 fully saturated rings. The minimum absolute atomic E-state index is 0.0232. The van der Waals surface area contributed by atoms with Gasteiger partial charge in [-0.15, -0.1) is 0 Å². The molecule has 0 saturated carbocycles. The summed E-state index contributed by atoms with van der Waals surface area (Å²) in [6.45, 7) is 14.3. The molecule has 2 heteroatoms. The Labute approximate surface area is 145 Å². The van der Waals surface area contributed by atoms with Gasteiger partial charge in [-0.2, -0.15) is 0 Å². The second kappa shape index (κ2) is 3.59. The number of benzene rings is 1. The smallest absolute Gasteiger partial charge is 0.0631 e. The number of hydrogen-bond donors (Lipinski definition) is 0. The van der Waals surface area contributed by atoms with Crippen molar-refractivity contribution in [2.75, 3.05) is 14.1 Å². The molecule has 4 heterocycles. The highest BCUT2D eigenvalue weighted by Crippen LogP contribution is 2.64. The molecular formula is C22H28N2. The second-order valence-corrected chi connectivity index (χ2v) is 9.12. The number of nitrogens with zero attached hydrogens (tertiary/aromatic N) is 2. The second-order valence-electron chi connectivity index (χ2n) is 9.12. The Morgan fingerprint density at radius 3 is 0.958 bits per heavy atom. The van der Waals surface area contributed by atoms with Gasteiger partial charge < -0.3 is 0 Å². The minimum atomic E-state index is 0.0232. The fourth-order valence-corrected chi connectivity index (χ4v) is 6.60. The fraction of sp³-hybridized carbons (Fsp3) is 0.545. The van der Waals surface area contributed by atoms with Crippen LogP contribution in [-0.2, 0) is 22.2 Å². The lowest BCUT2D eigenvalue weighted by Crippen LogP contribution is -2.40. The predicted octanol–water partition coefficient (Wildman–Crippen LogP) is 4.19. The van der Waals surface area contributed by atoms with Gasteiger partial charge in [-0.05, 0) is 89.0 Å². The van der Waals surface area contributed by atoms with E-state index in [1.807, 2.05) is 0 Å². The molecule has 24 heavy (non-hydrogen) atoms. The van der Waals surface area contributed by atoms with Crippen molar-refractivity contribution in [3.8, 4) is 0 Å². The van der Waals surface area contributed by atoms with E-state index in [0.29, 0.717) is 0 Å². The lowest BCUT2D eigenvalue weighted by molar-refractivity contribution is 0.134. The highest BCUT2D eigenvalue weighted by molar-refractivity contribution is 5.70. The van der Waals surface area contributed by atoms with Crippen LogP contribution in [-0.4, -0.2) is 23.9 Å². The molecule has 0 aliphatic carbocycles. The molecule has 5 rings (SSSR count). The zero-order chi connectivity index (χ0) is 17.4. The minimum Gasteiger partial charge on any atom is -0.281 e. The quantitative estimate of drug-likeness (QED) is 0.661. The predicted molar refractivity (Wildman–Crippen MR) is 99.1 cm³/mol. The number of hydrogen-bond acceptors (Lipinski definition) is 2. The molecule has 4 unspecified atom stereocenters. The molecule has 126 valence electrons. The van der Waals surface area contributed by atoms with Gasteiger partial charge in [-0.25, -0.2) is 0 Å². The SMILES string of the molecule is Cc1c2c(c(C)c3c1C1(C)C=CC3(C)N1C)C1(C)C=CC2(C)N1C. The molecule has 1 aromatic carbocycles. The van der Waals surface area contributed by atoms with Crippen molar-refractivity contribution in [2.45, 2.75) is 63.7 Å². The average Bonchev–Trinajstić information content (AvgIpc) is 3.04. The van der Waals surface area contributed by atoms with E-state index in [1.54, 1.807) is 22.3 Å². The lowest BCUT2D eigenvalue weighted by atomic mass is 9.70. The monoisotopic (exact) mass is 320 g/mol. The molecule has 1 aromatic rings. The van der Waals surface area contributed by atoms with E-state index >= 15 is 0 Å². The van der Waals surface area contributed by atoms with Gasteiger partial charge in [0.05, 0.1) is 22.2 Å². The standard InChI is InChI=1S/C22H28N2/c1-13-15-17(21(5)11-9-19(15,3)23(21)7)14(2)18-16(13)20(4)10-12-22(18,6)24(20)8/h9-12H,1-8H3. The third-order valence-corrected chi connectivity index (χ3v) is 8.28. The van der Waals surface area contributed by atoms with Gasteiger partial charge in [0.2, 0.25) is 0 Å². The van der Waals surface area contributed by atoms with Gasteiger partial charge in [0.1, 0.15) is 0 Å². The summed E-state index contributed by atoms with van der Waals surface area (Å²) in [6.07, 6.45) is 9.69. The van der Waals surface area contributed by atoms with Crippen LogP contribution in [0.5, 0.6) is 0 Å². The summed E-state index contributed by atoms with van der Waals surface area (Å²) < 4.78 is 0. The van der Waals surface area contributed by atoms with Crippen molar-refractivity contribution in [3.63, 3.8) is 0 Å². The van der Waals surface area contributed by atoms with Crippen molar-refractivity contribution < 1.29 is 0 Å². The Bertz CT molecular complexity index is 756. The molecule has 4 atom stereocenters. The maximum Gasteiger partial charge on any atom is 0.0631 e. The molecule has 4 aliphatic rings. The lowest BCUT2D eigenvalue weighted by Gasteiger charge is -2.34. The first kappa shape index (κ1) is 14.9. The Morgan fingerprint density at radius 1 is 0.542 bits per heavy atom. The Kier molecular flexibility index (Phi) is 2.23. The highest BCUT2D eigenvalue weighted by atomic mass is 15.3. The van der Waals surface area contributed by atoms with E-state index in [1.165, 1.54) is 11.1 Å². The maximum absolute atomic E-state index is 2.56. The van der Waals surface area contributed by atoms with Gasteiger partial charge in [0.15, 0.2) is 0 Å². The number of likely N-dealkylation sites (N-methyl/N-ethyl adjacent to an activating group) is 2. The summed E-state index contributed by atoms with van der Waals surface area (Å²) in [6, 6.07) is 0. The van der Waals surface area contributed by atoms with Gasteiger partial charge >= 0.3 is 0 Å². The Hall–Kier alpha value is -1.38. The van der Waals surface area contributed by atoms with E-state index in [4.69, 9.17) is 0 Å². The molecule has 0 spiro atoms. The zero-order valence-electron chi connectivity index (χ0n) is 16.2.